The Morgan fingerprint density at radius 1 is 1.16 bits per heavy atom. The highest BCUT2D eigenvalue weighted by molar-refractivity contribution is 7.00. The topological polar surface area (TPSA) is 61.4 Å². The molecule has 1 N–H and O–H groups in total. The van der Waals surface area contributed by atoms with Gasteiger partial charge in [0.2, 0.25) is 0 Å². The Morgan fingerprint density at radius 3 is 2.60 bits per heavy atom. The van der Waals surface area contributed by atoms with Crippen molar-refractivity contribution < 1.29 is 4.79 Å². The van der Waals surface area contributed by atoms with Crippen molar-refractivity contribution in [2.45, 2.75) is 44.2 Å². The third kappa shape index (κ3) is 4.10. The van der Waals surface area contributed by atoms with Gasteiger partial charge in [-0.25, -0.2) is 4.79 Å². The van der Waals surface area contributed by atoms with E-state index in [1.807, 2.05) is 25.2 Å². The van der Waals surface area contributed by atoms with Crippen molar-refractivity contribution in [1.82, 2.24) is 23.9 Å². The van der Waals surface area contributed by atoms with Gasteiger partial charge in [0.15, 0.2) is 0 Å². The number of benzene rings is 1. The highest BCUT2D eigenvalue weighted by atomic mass is 32.1. The maximum atomic E-state index is 12.5. The van der Waals surface area contributed by atoms with Crippen LogP contribution in [0.3, 0.4) is 0 Å². The summed E-state index contributed by atoms with van der Waals surface area (Å²) >= 11 is 1.22. The van der Waals surface area contributed by atoms with Crippen LogP contribution in [0.5, 0.6) is 0 Å². The number of amides is 2. The van der Waals surface area contributed by atoms with Crippen LogP contribution in [0.2, 0.25) is 0 Å². The molecule has 136 valence electrons. The minimum Gasteiger partial charge on any atom is -0.336 e. The lowest BCUT2D eigenvalue weighted by Gasteiger charge is -2.43. The lowest BCUT2D eigenvalue weighted by atomic mass is 9.80. The first-order valence-corrected chi connectivity index (χ1v) is 9.61. The van der Waals surface area contributed by atoms with Gasteiger partial charge < -0.3 is 15.1 Å². The average Bonchev–Trinajstić information content (AvgIpc) is 3.08. The van der Waals surface area contributed by atoms with Crippen molar-refractivity contribution in [3.63, 3.8) is 0 Å². The summed E-state index contributed by atoms with van der Waals surface area (Å²) in [5, 5.41) is 3.15. The zero-order valence-electron chi connectivity index (χ0n) is 15.3. The molecule has 0 bridgehead atoms. The van der Waals surface area contributed by atoms with Gasteiger partial charge in [0, 0.05) is 25.7 Å². The van der Waals surface area contributed by atoms with Gasteiger partial charge >= 0.3 is 6.03 Å². The van der Waals surface area contributed by atoms with E-state index in [-0.39, 0.29) is 11.6 Å². The van der Waals surface area contributed by atoms with Crippen molar-refractivity contribution in [2.75, 3.05) is 27.7 Å². The van der Waals surface area contributed by atoms with Crippen LogP contribution in [0.1, 0.15) is 37.7 Å². The van der Waals surface area contributed by atoms with Gasteiger partial charge in [-0.05, 0) is 44.6 Å². The fourth-order valence-corrected chi connectivity index (χ4v) is 4.16. The summed E-state index contributed by atoms with van der Waals surface area (Å²) in [6, 6.07) is 5.95. The Kier molecular flexibility index (Phi) is 5.54. The minimum atomic E-state index is -0.0247. The molecule has 1 saturated carbocycles. The highest BCUT2D eigenvalue weighted by Crippen LogP contribution is 2.31. The molecule has 0 saturated heterocycles. The second-order valence-electron chi connectivity index (χ2n) is 7.28. The summed E-state index contributed by atoms with van der Waals surface area (Å²) in [5.74, 6) is 0. The molecule has 1 aliphatic rings. The molecular formula is C18H27N5OS. The van der Waals surface area contributed by atoms with Crippen molar-refractivity contribution in [2.24, 2.45) is 0 Å². The minimum absolute atomic E-state index is 0.0247. The number of likely N-dealkylation sites (N-methyl/N-ethyl adjacent to an activating group) is 1. The number of carbonyl (C=O) groups is 1. The van der Waals surface area contributed by atoms with E-state index in [1.165, 1.54) is 31.0 Å². The molecule has 6 nitrogen and oxygen atoms in total. The molecule has 1 heterocycles. The first-order valence-electron chi connectivity index (χ1n) is 8.88. The second kappa shape index (κ2) is 7.66. The molecule has 2 aromatic rings. The quantitative estimate of drug-likeness (QED) is 0.889. The van der Waals surface area contributed by atoms with Gasteiger partial charge in [-0.3, -0.25) is 0 Å². The van der Waals surface area contributed by atoms with Gasteiger partial charge in [0.25, 0.3) is 0 Å². The number of fused-ring (bicyclic) bond motifs is 1. The zero-order valence-corrected chi connectivity index (χ0v) is 16.1. The number of hydrogen-bond donors (Lipinski definition) is 1. The number of nitrogens with zero attached hydrogens (tertiary/aromatic N) is 4. The van der Waals surface area contributed by atoms with Crippen LogP contribution >= 0.6 is 11.7 Å². The SMILES string of the molecule is CN(Cc1ccc2nsnc2c1)C(=O)NCC1(N(C)C)CCCCC1. The maximum Gasteiger partial charge on any atom is 0.317 e. The largest absolute Gasteiger partial charge is 0.336 e. The van der Waals surface area contributed by atoms with E-state index < -0.39 is 0 Å². The summed E-state index contributed by atoms with van der Waals surface area (Å²) in [7, 11) is 6.08. The Labute approximate surface area is 153 Å². The van der Waals surface area contributed by atoms with Gasteiger partial charge in [0.05, 0.1) is 11.7 Å². The summed E-state index contributed by atoms with van der Waals surface area (Å²) in [6.45, 7) is 1.27. The van der Waals surface area contributed by atoms with E-state index in [0.29, 0.717) is 13.1 Å². The predicted octanol–water partition coefficient (Wildman–Crippen LogP) is 3.10. The smallest absolute Gasteiger partial charge is 0.317 e. The molecule has 0 spiro atoms. The number of urea groups is 1. The predicted molar refractivity (Wildman–Crippen MR) is 102 cm³/mol. The molecular weight excluding hydrogens is 334 g/mol. The van der Waals surface area contributed by atoms with E-state index in [4.69, 9.17) is 0 Å². The van der Waals surface area contributed by atoms with Crippen LogP contribution < -0.4 is 5.32 Å². The Morgan fingerprint density at radius 2 is 1.88 bits per heavy atom. The van der Waals surface area contributed by atoms with E-state index in [2.05, 4.69) is 33.1 Å². The summed E-state index contributed by atoms with van der Waals surface area (Å²) in [5.41, 5.74) is 2.97. The van der Waals surface area contributed by atoms with Crippen molar-refractivity contribution >= 4 is 28.8 Å². The summed E-state index contributed by atoms with van der Waals surface area (Å²) in [6.07, 6.45) is 6.09. The molecule has 0 unspecified atom stereocenters. The summed E-state index contributed by atoms with van der Waals surface area (Å²) in [4.78, 5) is 16.6. The number of nitrogens with one attached hydrogen (secondary N) is 1. The highest BCUT2D eigenvalue weighted by Gasteiger charge is 2.34. The molecule has 0 aliphatic heterocycles. The number of carbonyl (C=O) groups excluding carboxylic acids is 1. The number of hydrogen-bond acceptors (Lipinski definition) is 5. The van der Waals surface area contributed by atoms with Gasteiger partial charge in [0.1, 0.15) is 11.0 Å². The molecule has 2 amide bonds. The zero-order chi connectivity index (χ0) is 17.9. The van der Waals surface area contributed by atoms with Gasteiger partial charge in [-0.15, -0.1) is 0 Å². The lowest BCUT2D eigenvalue weighted by Crippen LogP contribution is -2.55. The Balaban J connectivity index is 1.58. The van der Waals surface area contributed by atoms with E-state index >= 15 is 0 Å². The first kappa shape index (κ1) is 18.1. The molecule has 25 heavy (non-hydrogen) atoms. The normalized spacial score (nSPS) is 17.0. The third-order valence-corrected chi connectivity index (χ3v) is 5.94. The van der Waals surface area contributed by atoms with Crippen LogP contribution in [0.15, 0.2) is 18.2 Å². The van der Waals surface area contributed by atoms with Crippen LogP contribution in [-0.2, 0) is 6.54 Å². The molecule has 0 radical (unpaired) electrons. The molecule has 1 aromatic heterocycles. The standard InChI is InChI=1S/C18H27N5OS/c1-22(2)18(9-5-4-6-10-18)13-19-17(24)23(3)12-14-7-8-15-16(11-14)21-25-20-15/h7-8,11H,4-6,9-10,12-13H2,1-3H3,(H,19,24). The lowest BCUT2D eigenvalue weighted by molar-refractivity contribution is 0.0983. The number of aromatic nitrogens is 2. The molecule has 0 atom stereocenters. The van der Waals surface area contributed by atoms with Crippen LogP contribution in [0.25, 0.3) is 11.0 Å². The van der Waals surface area contributed by atoms with Crippen LogP contribution in [-0.4, -0.2) is 57.8 Å². The maximum absolute atomic E-state index is 12.5. The third-order valence-electron chi connectivity index (χ3n) is 5.39. The molecule has 7 heteroatoms. The number of rotatable bonds is 5. The molecule has 1 aromatic carbocycles. The van der Waals surface area contributed by atoms with E-state index in [0.717, 1.165) is 29.4 Å². The second-order valence-corrected chi connectivity index (χ2v) is 7.81. The van der Waals surface area contributed by atoms with E-state index in [9.17, 15) is 4.79 Å². The monoisotopic (exact) mass is 361 g/mol. The van der Waals surface area contributed by atoms with Gasteiger partial charge in [-0.1, -0.05) is 25.3 Å². The van der Waals surface area contributed by atoms with Crippen molar-refractivity contribution in [3.05, 3.63) is 23.8 Å². The Bertz CT molecular complexity index is 723. The fraction of sp³-hybridized carbons (Fsp3) is 0.611. The molecule has 3 rings (SSSR count). The van der Waals surface area contributed by atoms with Crippen LogP contribution in [0.4, 0.5) is 4.79 Å². The van der Waals surface area contributed by atoms with Crippen molar-refractivity contribution in [3.8, 4) is 0 Å². The van der Waals surface area contributed by atoms with Crippen LogP contribution in [0, 0.1) is 0 Å². The van der Waals surface area contributed by atoms with Gasteiger partial charge in [-0.2, -0.15) is 8.75 Å². The molecule has 1 aliphatic carbocycles. The fourth-order valence-electron chi connectivity index (χ4n) is 3.64. The molecule has 1 fully saturated rings. The first-order chi connectivity index (χ1) is 12.0. The Hall–Kier alpha value is -1.73. The average molecular weight is 362 g/mol. The summed E-state index contributed by atoms with van der Waals surface area (Å²) < 4.78 is 8.48. The van der Waals surface area contributed by atoms with E-state index in [1.54, 1.807) is 4.90 Å². The van der Waals surface area contributed by atoms with Crippen molar-refractivity contribution in [1.29, 1.82) is 0 Å².